The third kappa shape index (κ3) is 5.61. The molecule has 0 radical (unpaired) electrons. The molecular weight excluding hydrogens is 258 g/mol. The molecule has 0 spiro atoms. The number of hydrogen-bond acceptors (Lipinski definition) is 4. The molecule has 0 amide bonds. The van der Waals surface area contributed by atoms with E-state index < -0.39 is 6.10 Å². The van der Waals surface area contributed by atoms with E-state index in [9.17, 15) is 5.11 Å². The Balaban J connectivity index is 2.21. The molecule has 0 aliphatic heterocycles. The van der Waals surface area contributed by atoms with E-state index in [1.54, 1.807) is 11.3 Å². The van der Waals surface area contributed by atoms with Crippen LogP contribution in [0.1, 0.15) is 44.9 Å². The zero-order valence-corrected chi connectivity index (χ0v) is 13.1. The van der Waals surface area contributed by atoms with Gasteiger partial charge in [-0.05, 0) is 30.7 Å². The minimum Gasteiger partial charge on any atom is -0.389 e. The third-order valence-electron chi connectivity index (χ3n) is 3.88. The van der Waals surface area contributed by atoms with Crippen molar-refractivity contribution in [3.63, 3.8) is 0 Å². The number of nitrogens with one attached hydrogen (secondary N) is 1. The number of ether oxygens (including phenoxy) is 1. The minimum absolute atomic E-state index is 0.161. The molecule has 0 fully saturated rings. The molecule has 1 heterocycles. The van der Waals surface area contributed by atoms with Crippen molar-refractivity contribution in [3.8, 4) is 0 Å². The van der Waals surface area contributed by atoms with Gasteiger partial charge in [0.1, 0.15) is 0 Å². The van der Waals surface area contributed by atoms with Crippen LogP contribution in [0.4, 0.5) is 0 Å². The van der Waals surface area contributed by atoms with Crippen LogP contribution in [0, 0.1) is 0 Å². The fraction of sp³-hybridized carbons (Fsp3) is 0.733. The molecule has 1 unspecified atom stereocenters. The van der Waals surface area contributed by atoms with E-state index in [0.717, 1.165) is 19.3 Å². The van der Waals surface area contributed by atoms with Crippen molar-refractivity contribution in [2.24, 2.45) is 0 Å². The van der Waals surface area contributed by atoms with Gasteiger partial charge < -0.3 is 15.2 Å². The minimum atomic E-state index is -0.441. The molecule has 0 aliphatic carbocycles. The molecule has 1 rings (SSSR count). The summed E-state index contributed by atoms with van der Waals surface area (Å²) in [6, 6.07) is 4.06. The van der Waals surface area contributed by atoms with Crippen LogP contribution in [-0.4, -0.2) is 29.9 Å². The van der Waals surface area contributed by atoms with Crippen LogP contribution in [0.3, 0.4) is 0 Å². The molecule has 1 atom stereocenters. The quantitative estimate of drug-likeness (QED) is 0.694. The van der Waals surface area contributed by atoms with Crippen molar-refractivity contribution in [1.29, 1.82) is 0 Å². The molecule has 2 N–H and O–H groups in total. The second kappa shape index (κ2) is 8.69. The standard InChI is InChI=1S/C15H27NO2S/c1-4-15(5-2,6-3)16-10-13(17)11-18-12-14-8-7-9-19-14/h7-9,13,16-17H,4-6,10-12H2,1-3H3. The fourth-order valence-electron chi connectivity index (χ4n) is 2.21. The van der Waals surface area contributed by atoms with Crippen LogP contribution in [0.15, 0.2) is 17.5 Å². The molecule has 0 saturated heterocycles. The van der Waals surface area contributed by atoms with Crippen LogP contribution in [-0.2, 0) is 11.3 Å². The summed E-state index contributed by atoms with van der Waals surface area (Å²) in [5.41, 5.74) is 0.161. The molecule has 19 heavy (non-hydrogen) atoms. The second-order valence-corrected chi connectivity index (χ2v) is 6.00. The maximum Gasteiger partial charge on any atom is 0.0898 e. The predicted octanol–water partition coefficient (Wildman–Crippen LogP) is 3.18. The number of aliphatic hydroxyl groups is 1. The van der Waals surface area contributed by atoms with E-state index >= 15 is 0 Å². The van der Waals surface area contributed by atoms with Gasteiger partial charge in [0.05, 0.1) is 19.3 Å². The number of rotatable bonds is 10. The van der Waals surface area contributed by atoms with Crippen LogP contribution in [0.2, 0.25) is 0 Å². The van der Waals surface area contributed by atoms with Gasteiger partial charge in [-0.3, -0.25) is 0 Å². The van der Waals surface area contributed by atoms with Gasteiger partial charge in [0.2, 0.25) is 0 Å². The number of aliphatic hydroxyl groups excluding tert-OH is 1. The summed E-state index contributed by atoms with van der Waals surface area (Å²) in [7, 11) is 0. The molecule has 1 aromatic heterocycles. The Morgan fingerprint density at radius 1 is 1.32 bits per heavy atom. The van der Waals surface area contributed by atoms with Crippen LogP contribution in [0.5, 0.6) is 0 Å². The summed E-state index contributed by atoms with van der Waals surface area (Å²) in [6.45, 7) is 8.16. The van der Waals surface area contributed by atoms with Crippen molar-refractivity contribution < 1.29 is 9.84 Å². The zero-order chi connectivity index (χ0) is 14.1. The smallest absolute Gasteiger partial charge is 0.0898 e. The summed E-state index contributed by atoms with van der Waals surface area (Å²) >= 11 is 1.68. The summed E-state index contributed by atoms with van der Waals surface area (Å²) in [4.78, 5) is 1.20. The van der Waals surface area contributed by atoms with Gasteiger partial charge in [-0.15, -0.1) is 11.3 Å². The lowest BCUT2D eigenvalue weighted by Crippen LogP contribution is -2.47. The number of thiophene rings is 1. The first-order valence-corrected chi connectivity index (χ1v) is 8.07. The van der Waals surface area contributed by atoms with Crippen LogP contribution in [0.25, 0.3) is 0 Å². The molecule has 0 aromatic carbocycles. The maximum absolute atomic E-state index is 9.94. The van der Waals surface area contributed by atoms with Crippen LogP contribution >= 0.6 is 11.3 Å². The van der Waals surface area contributed by atoms with Crippen molar-refractivity contribution in [1.82, 2.24) is 5.32 Å². The van der Waals surface area contributed by atoms with Crippen molar-refractivity contribution >= 4 is 11.3 Å². The lowest BCUT2D eigenvalue weighted by Gasteiger charge is -2.33. The highest BCUT2D eigenvalue weighted by Crippen LogP contribution is 2.19. The van der Waals surface area contributed by atoms with Crippen molar-refractivity contribution in [3.05, 3.63) is 22.4 Å². The van der Waals surface area contributed by atoms with Crippen molar-refractivity contribution in [2.45, 2.75) is 58.3 Å². The maximum atomic E-state index is 9.94. The topological polar surface area (TPSA) is 41.5 Å². The molecule has 0 aliphatic rings. The van der Waals surface area contributed by atoms with Gasteiger partial charge in [0.25, 0.3) is 0 Å². The van der Waals surface area contributed by atoms with E-state index in [-0.39, 0.29) is 5.54 Å². The lowest BCUT2D eigenvalue weighted by molar-refractivity contribution is 0.0250. The molecule has 1 aromatic rings. The Morgan fingerprint density at radius 3 is 2.53 bits per heavy atom. The van der Waals surface area contributed by atoms with E-state index in [2.05, 4.69) is 26.1 Å². The first-order valence-electron chi connectivity index (χ1n) is 7.19. The number of β-amino-alcohol motifs (C(OH)–C–C–N with tert-alkyl or cyclic N) is 1. The van der Waals surface area contributed by atoms with Gasteiger partial charge in [-0.2, -0.15) is 0 Å². The Hall–Kier alpha value is -0.420. The Morgan fingerprint density at radius 2 is 2.00 bits per heavy atom. The lowest BCUT2D eigenvalue weighted by atomic mass is 9.90. The van der Waals surface area contributed by atoms with Gasteiger partial charge in [-0.1, -0.05) is 26.8 Å². The van der Waals surface area contributed by atoms with Crippen LogP contribution < -0.4 is 5.32 Å². The highest BCUT2D eigenvalue weighted by Gasteiger charge is 2.23. The molecular formula is C15H27NO2S. The van der Waals surface area contributed by atoms with Crippen molar-refractivity contribution in [2.75, 3.05) is 13.2 Å². The highest BCUT2D eigenvalue weighted by molar-refractivity contribution is 7.09. The van der Waals surface area contributed by atoms with E-state index in [4.69, 9.17) is 4.74 Å². The summed E-state index contributed by atoms with van der Waals surface area (Å²) < 4.78 is 5.53. The SMILES string of the molecule is CCC(CC)(CC)NCC(O)COCc1cccs1. The largest absolute Gasteiger partial charge is 0.389 e. The zero-order valence-electron chi connectivity index (χ0n) is 12.3. The predicted molar refractivity (Wildman–Crippen MR) is 81.6 cm³/mol. The second-order valence-electron chi connectivity index (χ2n) is 4.97. The summed E-state index contributed by atoms with van der Waals surface area (Å²) in [5, 5.41) is 15.5. The molecule has 4 heteroatoms. The average Bonchev–Trinajstić information content (AvgIpc) is 2.94. The summed E-state index contributed by atoms with van der Waals surface area (Å²) in [6.07, 6.45) is 2.82. The Kier molecular flexibility index (Phi) is 7.61. The molecule has 3 nitrogen and oxygen atoms in total. The monoisotopic (exact) mass is 285 g/mol. The molecule has 110 valence electrons. The highest BCUT2D eigenvalue weighted by atomic mass is 32.1. The Bertz CT molecular complexity index is 315. The molecule has 0 saturated carbocycles. The first-order chi connectivity index (χ1) is 9.15. The van der Waals surface area contributed by atoms with E-state index in [1.807, 2.05) is 17.5 Å². The molecule has 0 bridgehead atoms. The average molecular weight is 285 g/mol. The van der Waals surface area contributed by atoms with E-state index in [1.165, 1.54) is 4.88 Å². The third-order valence-corrected chi connectivity index (χ3v) is 4.73. The van der Waals surface area contributed by atoms with E-state index in [0.29, 0.717) is 19.8 Å². The van der Waals surface area contributed by atoms with Gasteiger partial charge in [0, 0.05) is 17.0 Å². The van der Waals surface area contributed by atoms with Gasteiger partial charge in [0.15, 0.2) is 0 Å². The van der Waals surface area contributed by atoms with Gasteiger partial charge >= 0.3 is 0 Å². The number of hydrogen-bond donors (Lipinski definition) is 2. The normalized spacial score (nSPS) is 13.7. The Labute approximate surface area is 121 Å². The van der Waals surface area contributed by atoms with Gasteiger partial charge in [-0.25, -0.2) is 0 Å². The fourth-order valence-corrected chi connectivity index (χ4v) is 2.85. The first kappa shape index (κ1) is 16.6. The summed E-state index contributed by atoms with van der Waals surface area (Å²) in [5.74, 6) is 0.